The van der Waals surface area contributed by atoms with Crippen LogP contribution in [0.3, 0.4) is 0 Å². The third kappa shape index (κ3) is 1.88. The molecule has 1 N–H and O–H groups in total. The van der Waals surface area contributed by atoms with Crippen molar-refractivity contribution < 1.29 is 0 Å². The van der Waals surface area contributed by atoms with Gasteiger partial charge in [-0.2, -0.15) is 0 Å². The SMILES string of the molecule is Cn1cnc(Cl)c1C=c1c2ccccc2c2[nH]c(=O)c3nccn3c12. The van der Waals surface area contributed by atoms with Crippen molar-refractivity contribution in [3.8, 4) is 0 Å². The molecule has 0 aliphatic heterocycles. The lowest BCUT2D eigenvalue weighted by Gasteiger charge is -1.99. The van der Waals surface area contributed by atoms with Gasteiger partial charge in [0.25, 0.3) is 5.56 Å². The van der Waals surface area contributed by atoms with Crippen molar-refractivity contribution in [1.29, 1.82) is 0 Å². The number of rotatable bonds is 1. The number of aromatic amines is 1. The Labute approximate surface area is 146 Å². The van der Waals surface area contributed by atoms with Gasteiger partial charge in [-0.05, 0) is 11.5 Å². The average molecular weight is 350 g/mol. The predicted octanol–water partition coefficient (Wildman–Crippen LogP) is 2.26. The molecule has 0 bridgehead atoms. The zero-order valence-electron chi connectivity index (χ0n) is 13.2. The molecule has 6 nitrogen and oxygen atoms in total. The molecule has 0 amide bonds. The number of aryl methyl sites for hydroxylation is 1. The Bertz CT molecular complexity index is 1370. The van der Waals surface area contributed by atoms with E-state index in [0.717, 1.165) is 32.7 Å². The van der Waals surface area contributed by atoms with Crippen LogP contribution in [0.1, 0.15) is 5.69 Å². The van der Waals surface area contributed by atoms with Gasteiger partial charge in [0.15, 0.2) is 5.15 Å². The van der Waals surface area contributed by atoms with Crippen LogP contribution in [0.5, 0.6) is 0 Å². The summed E-state index contributed by atoms with van der Waals surface area (Å²) in [7, 11) is 1.90. The summed E-state index contributed by atoms with van der Waals surface area (Å²) in [4.78, 5) is 23.6. The van der Waals surface area contributed by atoms with E-state index in [2.05, 4.69) is 15.0 Å². The Kier molecular flexibility index (Phi) is 2.81. The number of hydrogen-bond donors (Lipinski definition) is 1. The quantitative estimate of drug-likeness (QED) is 0.505. The Morgan fingerprint density at radius 2 is 2.00 bits per heavy atom. The fourth-order valence-corrected chi connectivity index (χ4v) is 3.61. The van der Waals surface area contributed by atoms with E-state index in [1.54, 1.807) is 18.7 Å². The second-order valence-corrected chi connectivity index (χ2v) is 6.29. The smallest absolute Gasteiger partial charge is 0.292 e. The molecule has 0 aliphatic carbocycles. The standard InChI is InChI=1S/C18H12ClN5O/c1-23-9-21-16(19)13(23)8-12-10-4-2-3-5-11(10)14-15(12)24-7-6-20-17(24)18(25)22-14/h2-9H,1H3,(H,22,25). The molecule has 0 saturated carbocycles. The average Bonchev–Trinajstić information content (AvgIpc) is 3.29. The summed E-state index contributed by atoms with van der Waals surface area (Å²) < 4.78 is 3.69. The van der Waals surface area contributed by atoms with Crippen molar-refractivity contribution in [2.75, 3.05) is 0 Å². The largest absolute Gasteiger partial charge is 0.333 e. The maximum absolute atomic E-state index is 12.3. The van der Waals surface area contributed by atoms with Gasteiger partial charge in [0, 0.05) is 30.0 Å². The third-order valence-electron chi connectivity index (χ3n) is 4.52. The van der Waals surface area contributed by atoms with E-state index in [1.807, 2.05) is 46.4 Å². The van der Waals surface area contributed by atoms with Crippen LogP contribution in [0.2, 0.25) is 5.15 Å². The summed E-state index contributed by atoms with van der Waals surface area (Å²) in [6.45, 7) is 0. The van der Waals surface area contributed by atoms with Gasteiger partial charge in [0.1, 0.15) is 0 Å². The third-order valence-corrected chi connectivity index (χ3v) is 4.81. The second-order valence-electron chi connectivity index (χ2n) is 5.93. The molecular formula is C18H12ClN5O. The topological polar surface area (TPSA) is 68.0 Å². The van der Waals surface area contributed by atoms with E-state index < -0.39 is 0 Å². The lowest BCUT2D eigenvalue weighted by Crippen LogP contribution is -2.13. The normalized spacial score (nSPS) is 12.8. The molecule has 0 atom stereocenters. The first kappa shape index (κ1) is 14.2. The number of aromatic nitrogens is 5. The highest BCUT2D eigenvalue weighted by atomic mass is 35.5. The number of nitrogens with one attached hydrogen (secondary N) is 1. The van der Waals surface area contributed by atoms with Gasteiger partial charge in [-0.25, -0.2) is 9.97 Å². The van der Waals surface area contributed by atoms with E-state index in [1.165, 1.54) is 0 Å². The molecular weight excluding hydrogens is 338 g/mol. The Hall–Kier alpha value is -3.12. The predicted molar refractivity (Wildman–Crippen MR) is 97.8 cm³/mol. The minimum Gasteiger partial charge on any atom is -0.333 e. The number of H-pyrrole nitrogens is 1. The maximum atomic E-state index is 12.3. The molecule has 0 spiro atoms. The zero-order valence-corrected chi connectivity index (χ0v) is 13.9. The highest BCUT2D eigenvalue weighted by Crippen LogP contribution is 2.23. The maximum Gasteiger partial charge on any atom is 0.292 e. The first-order valence-corrected chi connectivity index (χ1v) is 8.11. The van der Waals surface area contributed by atoms with Crippen LogP contribution in [0.4, 0.5) is 0 Å². The van der Waals surface area contributed by atoms with Crippen LogP contribution in [-0.2, 0) is 7.05 Å². The minimum absolute atomic E-state index is 0.210. The van der Waals surface area contributed by atoms with Crippen LogP contribution in [0, 0.1) is 0 Å². The van der Waals surface area contributed by atoms with Crippen molar-refractivity contribution in [1.82, 2.24) is 23.9 Å². The fraction of sp³-hybridized carbons (Fsp3) is 0.0556. The lowest BCUT2D eigenvalue weighted by atomic mass is 10.2. The van der Waals surface area contributed by atoms with Gasteiger partial charge < -0.3 is 9.55 Å². The van der Waals surface area contributed by atoms with Crippen LogP contribution in [0.15, 0.2) is 47.8 Å². The van der Waals surface area contributed by atoms with Gasteiger partial charge in [-0.3, -0.25) is 9.20 Å². The molecule has 3 heterocycles. The molecule has 2 aromatic carbocycles. The van der Waals surface area contributed by atoms with Gasteiger partial charge >= 0.3 is 0 Å². The van der Waals surface area contributed by atoms with Crippen molar-refractivity contribution in [2.45, 2.75) is 0 Å². The minimum atomic E-state index is -0.210. The highest BCUT2D eigenvalue weighted by molar-refractivity contribution is 6.30. The first-order valence-electron chi connectivity index (χ1n) is 7.73. The lowest BCUT2D eigenvalue weighted by molar-refractivity contribution is 0.902. The van der Waals surface area contributed by atoms with Gasteiger partial charge in [-0.15, -0.1) is 0 Å². The number of hydrogen-bond acceptors (Lipinski definition) is 3. The molecule has 7 heteroatoms. The molecule has 0 aliphatic rings. The van der Waals surface area contributed by atoms with Gasteiger partial charge in [-0.1, -0.05) is 35.9 Å². The van der Waals surface area contributed by atoms with Crippen molar-refractivity contribution in [3.63, 3.8) is 0 Å². The fourth-order valence-electron chi connectivity index (χ4n) is 3.38. The summed E-state index contributed by atoms with van der Waals surface area (Å²) in [6.07, 6.45) is 7.10. The number of imidazole rings is 2. The molecule has 0 fully saturated rings. The van der Waals surface area contributed by atoms with E-state index in [4.69, 9.17) is 11.6 Å². The Balaban J connectivity index is 2.11. The number of benzene rings is 1. The van der Waals surface area contributed by atoms with Crippen LogP contribution >= 0.6 is 11.6 Å². The molecule has 25 heavy (non-hydrogen) atoms. The van der Waals surface area contributed by atoms with E-state index in [-0.39, 0.29) is 5.56 Å². The Morgan fingerprint density at radius 1 is 1.20 bits per heavy atom. The van der Waals surface area contributed by atoms with E-state index in [0.29, 0.717) is 10.8 Å². The molecule has 3 aromatic heterocycles. The molecule has 0 saturated heterocycles. The summed E-state index contributed by atoms with van der Waals surface area (Å²) >= 11 is 6.25. The second kappa shape index (κ2) is 4.94. The first-order chi connectivity index (χ1) is 12.1. The van der Waals surface area contributed by atoms with Gasteiger partial charge in [0.2, 0.25) is 5.65 Å². The summed E-state index contributed by atoms with van der Waals surface area (Å²) in [5.74, 6) is 0. The molecule has 0 unspecified atom stereocenters. The number of fused-ring (bicyclic) bond motifs is 5. The van der Waals surface area contributed by atoms with Gasteiger partial charge in [0.05, 0.1) is 23.1 Å². The van der Waals surface area contributed by atoms with Crippen molar-refractivity contribution in [2.24, 2.45) is 7.05 Å². The summed E-state index contributed by atoms with van der Waals surface area (Å²) in [6, 6.07) is 7.97. The molecule has 5 rings (SSSR count). The van der Waals surface area contributed by atoms with Crippen LogP contribution in [0.25, 0.3) is 33.5 Å². The number of halogens is 1. The zero-order chi connectivity index (χ0) is 17.1. The summed E-state index contributed by atoms with van der Waals surface area (Å²) in [5.41, 5.74) is 2.65. The van der Waals surface area contributed by atoms with E-state index >= 15 is 0 Å². The Morgan fingerprint density at radius 3 is 2.76 bits per heavy atom. The molecule has 0 radical (unpaired) electrons. The monoisotopic (exact) mass is 349 g/mol. The van der Waals surface area contributed by atoms with Crippen molar-refractivity contribution >= 4 is 45.1 Å². The summed E-state index contributed by atoms with van der Waals surface area (Å²) in [5, 5.41) is 3.42. The van der Waals surface area contributed by atoms with E-state index in [9.17, 15) is 4.79 Å². The molecule has 122 valence electrons. The highest BCUT2D eigenvalue weighted by Gasteiger charge is 2.14. The van der Waals surface area contributed by atoms with Crippen molar-refractivity contribution in [3.05, 3.63) is 69.4 Å². The molecule has 5 aromatic rings. The van der Waals surface area contributed by atoms with Crippen LogP contribution < -0.4 is 10.8 Å². The number of nitrogens with zero attached hydrogens (tertiary/aromatic N) is 4. The van der Waals surface area contributed by atoms with Crippen LogP contribution in [-0.4, -0.2) is 23.9 Å².